The van der Waals surface area contributed by atoms with Gasteiger partial charge in [0.15, 0.2) is 0 Å². The van der Waals surface area contributed by atoms with Gasteiger partial charge < -0.3 is 15.7 Å². The normalized spacial score (nSPS) is 11.1. The number of rotatable bonds is 6. The maximum Gasteiger partial charge on any atom is 0.267 e. The number of nitriles is 1. The molecule has 0 aliphatic heterocycles. The van der Waals surface area contributed by atoms with Crippen LogP contribution in [0.15, 0.2) is 76.9 Å². The standard InChI is InChI=1S/C22H18BrN3O2/c23-17-5-1-4-15(12-17)10-11-25-14-16(13-24)22(28)26-20-8-2-7-19-18(20)6-3-9-21(19)27/h1-9,12,14,25,27H,10-11H2,(H,26,28)/b16-14-. The predicted molar refractivity (Wildman–Crippen MR) is 114 cm³/mol. The van der Waals surface area contributed by atoms with Crippen molar-refractivity contribution in [2.24, 2.45) is 0 Å². The van der Waals surface area contributed by atoms with E-state index >= 15 is 0 Å². The lowest BCUT2D eigenvalue weighted by Crippen LogP contribution is -2.18. The van der Waals surface area contributed by atoms with Gasteiger partial charge in [-0.3, -0.25) is 4.79 Å². The van der Waals surface area contributed by atoms with Crippen LogP contribution in [0.4, 0.5) is 5.69 Å². The van der Waals surface area contributed by atoms with Crippen LogP contribution in [0.5, 0.6) is 5.75 Å². The van der Waals surface area contributed by atoms with Crippen molar-refractivity contribution in [3.05, 3.63) is 82.5 Å². The van der Waals surface area contributed by atoms with Crippen molar-refractivity contribution in [2.75, 3.05) is 11.9 Å². The van der Waals surface area contributed by atoms with Gasteiger partial charge in [0.2, 0.25) is 0 Å². The molecule has 0 spiro atoms. The Morgan fingerprint density at radius 2 is 1.86 bits per heavy atom. The molecule has 0 saturated carbocycles. The minimum Gasteiger partial charge on any atom is -0.507 e. The Morgan fingerprint density at radius 1 is 1.11 bits per heavy atom. The highest BCUT2D eigenvalue weighted by atomic mass is 79.9. The van der Waals surface area contributed by atoms with E-state index in [4.69, 9.17) is 0 Å². The summed E-state index contributed by atoms with van der Waals surface area (Å²) in [6.07, 6.45) is 2.19. The van der Waals surface area contributed by atoms with Gasteiger partial charge in [0.1, 0.15) is 17.4 Å². The van der Waals surface area contributed by atoms with Gasteiger partial charge in [-0.2, -0.15) is 5.26 Å². The number of aromatic hydroxyl groups is 1. The number of carbonyl (C=O) groups excluding carboxylic acids is 1. The lowest BCUT2D eigenvalue weighted by molar-refractivity contribution is -0.112. The zero-order valence-corrected chi connectivity index (χ0v) is 16.5. The molecule has 0 heterocycles. The van der Waals surface area contributed by atoms with Crippen molar-refractivity contribution < 1.29 is 9.90 Å². The maximum atomic E-state index is 12.5. The van der Waals surface area contributed by atoms with E-state index in [1.165, 1.54) is 6.20 Å². The number of nitrogens with zero attached hydrogens (tertiary/aromatic N) is 1. The Labute approximate surface area is 171 Å². The fraction of sp³-hybridized carbons (Fsp3) is 0.0909. The molecule has 0 unspecified atom stereocenters. The molecule has 0 atom stereocenters. The third-order valence-corrected chi connectivity index (χ3v) is 4.70. The molecular formula is C22H18BrN3O2. The summed E-state index contributed by atoms with van der Waals surface area (Å²) in [5, 5.41) is 26.4. The number of anilines is 1. The second-order valence-corrected chi connectivity index (χ2v) is 7.05. The molecule has 3 rings (SSSR count). The molecular weight excluding hydrogens is 418 g/mol. The summed E-state index contributed by atoms with van der Waals surface area (Å²) >= 11 is 3.43. The number of carbonyl (C=O) groups is 1. The third kappa shape index (κ3) is 4.70. The SMILES string of the molecule is N#C/C(=C/NCCc1cccc(Br)c1)C(=O)Nc1cccc2c(O)cccc12. The molecule has 0 aromatic heterocycles. The van der Waals surface area contributed by atoms with Crippen LogP contribution in [0, 0.1) is 11.3 Å². The Balaban J connectivity index is 1.66. The molecule has 140 valence electrons. The highest BCUT2D eigenvalue weighted by Crippen LogP contribution is 2.29. The lowest BCUT2D eigenvalue weighted by Gasteiger charge is -2.09. The summed E-state index contributed by atoms with van der Waals surface area (Å²) in [4.78, 5) is 12.5. The van der Waals surface area contributed by atoms with E-state index in [0.29, 0.717) is 23.0 Å². The minimum absolute atomic E-state index is 0.0219. The molecule has 0 radical (unpaired) electrons. The first-order chi connectivity index (χ1) is 13.6. The number of halogens is 1. The number of hydrogen-bond donors (Lipinski definition) is 3. The monoisotopic (exact) mass is 435 g/mol. The van der Waals surface area contributed by atoms with Crippen molar-refractivity contribution >= 4 is 38.3 Å². The van der Waals surface area contributed by atoms with Crippen molar-refractivity contribution in [2.45, 2.75) is 6.42 Å². The molecule has 28 heavy (non-hydrogen) atoms. The molecule has 3 aromatic carbocycles. The first-order valence-electron chi connectivity index (χ1n) is 8.68. The van der Waals surface area contributed by atoms with E-state index in [1.54, 1.807) is 36.4 Å². The first kappa shape index (κ1) is 19.5. The number of fused-ring (bicyclic) bond motifs is 1. The summed E-state index contributed by atoms with van der Waals surface area (Å²) in [6.45, 7) is 0.594. The summed E-state index contributed by atoms with van der Waals surface area (Å²) in [6, 6.07) is 20.2. The van der Waals surface area contributed by atoms with Crippen molar-refractivity contribution in [1.29, 1.82) is 5.26 Å². The quantitative estimate of drug-likeness (QED) is 0.302. The van der Waals surface area contributed by atoms with Crippen LogP contribution in [-0.2, 0) is 11.2 Å². The summed E-state index contributed by atoms with van der Waals surface area (Å²) in [5.41, 5.74) is 1.66. The number of nitrogens with one attached hydrogen (secondary N) is 2. The Morgan fingerprint density at radius 3 is 2.64 bits per heavy atom. The van der Waals surface area contributed by atoms with Gasteiger partial charge >= 0.3 is 0 Å². The van der Waals surface area contributed by atoms with E-state index in [-0.39, 0.29) is 11.3 Å². The van der Waals surface area contributed by atoms with Crippen LogP contribution in [0.2, 0.25) is 0 Å². The maximum absolute atomic E-state index is 12.5. The summed E-state index contributed by atoms with van der Waals surface area (Å²) in [7, 11) is 0. The lowest BCUT2D eigenvalue weighted by atomic mass is 10.1. The van der Waals surface area contributed by atoms with Gasteiger partial charge in [0.05, 0.1) is 0 Å². The van der Waals surface area contributed by atoms with Gasteiger partial charge in [-0.1, -0.05) is 52.3 Å². The predicted octanol–water partition coefficient (Wildman–Crippen LogP) is 4.49. The van der Waals surface area contributed by atoms with E-state index in [9.17, 15) is 15.2 Å². The largest absolute Gasteiger partial charge is 0.507 e. The van der Waals surface area contributed by atoms with Crippen LogP contribution >= 0.6 is 15.9 Å². The van der Waals surface area contributed by atoms with E-state index in [2.05, 4.69) is 26.6 Å². The number of phenolic OH excluding ortho intramolecular Hbond substituents is 1. The fourth-order valence-electron chi connectivity index (χ4n) is 2.82. The molecule has 3 aromatic rings. The Kier molecular flexibility index (Phi) is 6.30. The van der Waals surface area contributed by atoms with Crippen LogP contribution in [-0.4, -0.2) is 17.6 Å². The minimum atomic E-state index is -0.506. The van der Waals surface area contributed by atoms with Crippen LogP contribution in [0.3, 0.4) is 0 Å². The molecule has 0 saturated heterocycles. The Bertz CT molecular complexity index is 1090. The number of phenols is 1. The van der Waals surface area contributed by atoms with Gasteiger partial charge in [-0.15, -0.1) is 0 Å². The molecule has 5 nitrogen and oxygen atoms in total. The van der Waals surface area contributed by atoms with Crippen molar-refractivity contribution in [3.8, 4) is 11.8 Å². The third-order valence-electron chi connectivity index (χ3n) is 4.21. The average Bonchev–Trinajstić information content (AvgIpc) is 2.69. The highest BCUT2D eigenvalue weighted by Gasteiger charge is 2.11. The van der Waals surface area contributed by atoms with Gasteiger partial charge in [0.25, 0.3) is 5.91 Å². The smallest absolute Gasteiger partial charge is 0.267 e. The zero-order valence-electron chi connectivity index (χ0n) is 14.9. The van der Waals surface area contributed by atoms with E-state index in [1.807, 2.05) is 30.3 Å². The van der Waals surface area contributed by atoms with E-state index in [0.717, 1.165) is 16.5 Å². The molecule has 0 fully saturated rings. The Hall–Kier alpha value is -3.30. The van der Waals surface area contributed by atoms with Crippen LogP contribution < -0.4 is 10.6 Å². The van der Waals surface area contributed by atoms with Gasteiger partial charge in [0, 0.05) is 33.7 Å². The topological polar surface area (TPSA) is 85.2 Å². The van der Waals surface area contributed by atoms with Gasteiger partial charge in [-0.25, -0.2) is 0 Å². The summed E-state index contributed by atoms with van der Waals surface area (Å²) in [5.74, 6) is -0.368. The van der Waals surface area contributed by atoms with Crippen molar-refractivity contribution in [1.82, 2.24) is 5.32 Å². The molecule has 0 bridgehead atoms. The number of hydrogen-bond acceptors (Lipinski definition) is 4. The second-order valence-electron chi connectivity index (χ2n) is 6.14. The van der Waals surface area contributed by atoms with Crippen molar-refractivity contribution in [3.63, 3.8) is 0 Å². The second kappa shape index (κ2) is 9.07. The van der Waals surface area contributed by atoms with E-state index < -0.39 is 5.91 Å². The average molecular weight is 436 g/mol. The number of benzene rings is 3. The fourth-order valence-corrected chi connectivity index (χ4v) is 3.27. The van der Waals surface area contributed by atoms with Gasteiger partial charge in [-0.05, 0) is 36.2 Å². The first-order valence-corrected chi connectivity index (χ1v) is 9.48. The van der Waals surface area contributed by atoms with Crippen LogP contribution in [0.25, 0.3) is 10.8 Å². The molecule has 0 aliphatic rings. The van der Waals surface area contributed by atoms with Crippen LogP contribution in [0.1, 0.15) is 5.56 Å². The highest BCUT2D eigenvalue weighted by molar-refractivity contribution is 9.10. The number of amides is 1. The molecule has 6 heteroatoms. The molecule has 1 amide bonds. The summed E-state index contributed by atoms with van der Waals surface area (Å²) < 4.78 is 1.01. The molecule has 0 aliphatic carbocycles. The zero-order chi connectivity index (χ0) is 19.9. The molecule has 3 N–H and O–H groups in total.